The maximum absolute atomic E-state index is 12.4. The number of hydrogen-bond acceptors (Lipinski definition) is 6. The molecule has 7 heteroatoms. The van der Waals surface area contributed by atoms with Crippen LogP contribution in [0.2, 0.25) is 0 Å². The monoisotopic (exact) mass is 335 g/mol. The summed E-state index contributed by atoms with van der Waals surface area (Å²) in [6.45, 7) is 3.67. The second kappa shape index (κ2) is 7.12. The Morgan fingerprint density at radius 3 is 3.13 bits per heavy atom. The molecule has 0 N–H and O–H groups in total. The predicted molar refractivity (Wildman–Crippen MR) is 86.8 cm³/mol. The van der Waals surface area contributed by atoms with Gasteiger partial charge in [-0.3, -0.25) is 4.79 Å². The standard InChI is InChI=1S/C16H21N3O3S/c1-11-9-17-16(23-11)12-4-3-7-19(10-12)15(20)6-5-13-8-14(21-2)18-22-13/h8-9,12H,3-7,10H2,1-2H3/t12-/m0/s1. The minimum atomic E-state index is 0.165. The van der Waals surface area contributed by atoms with Gasteiger partial charge in [-0.25, -0.2) is 4.98 Å². The van der Waals surface area contributed by atoms with Gasteiger partial charge in [-0.05, 0) is 24.9 Å². The first-order valence-corrected chi connectivity index (χ1v) is 8.67. The van der Waals surface area contributed by atoms with E-state index in [1.807, 2.05) is 11.1 Å². The number of hydrogen-bond donors (Lipinski definition) is 0. The fourth-order valence-electron chi connectivity index (χ4n) is 2.86. The Labute approximate surface area is 139 Å². The van der Waals surface area contributed by atoms with E-state index in [9.17, 15) is 4.79 Å². The van der Waals surface area contributed by atoms with Crippen molar-refractivity contribution in [3.63, 3.8) is 0 Å². The van der Waals surface area contributed by atoms with Crippen LogP contribution in [-0.4, -0.2) is 41.1 Å². The summed E-state index contributed by atoms with van der Waals surface area (Å²) in [6.07, 6.45) is 5.04. The van der Waals surface area contributed by atoms with Crippen molar-refractivity contribution in [3.8, 4) is 5.88 Å². The zero-order chi connectivity index (χ0) is 16.2. The topological polar surface area (TPSA) is 68.5 Å². The quantitative estimate of drug-likeness (QED) is 0.840. The first-order chi connectivity index (χ1) is 11.2. The molecule has 0 radical (unpaired) electrons. The van der Waals surface area contributed by atoms with Gasteiger partial charge < -0.3 is 14.2 Å². The summed E-state index contributed by atoms with van der Waals surface area (Å²) in [4.78, 5) is 20.1. The molecule has 124 valence electrons. The molecule has 3 rings (SSSR count). The Kier molecular flexibility index (Phi) is 4.95. The van der Waals surface area contributed by atoms with Gasteiger partial charge in [0.25, 0.3) is 5.88 Å². The number of rotatable bonds is 5. The highest BCUT2D eigenvalue weighted by Crippen LogP contribution is 2.30. The number of likely N-dealkylation sites (tertiary alicyclic amines) is 1. The van der Waals surface area contributed by atoms with Gasteiger partial charge in [-0.2, -0.15) is 0 Å². The number of thiazole rings is 1. The molecule has 1 fully saturated rings. The number of piperidine rings is 1. The van der Waals surface area contributed by atoms with E-state index in [1.165, 1.54) is 4.88 Å². The molecule has 2 aromatic heterocycles. The molecular formula is C16H21N3O3S. The zero-order valence-electron chi connectivity index (χ0n) is 13.4. The van der Waals surface area contributed by atoms with Crippen molar-refractivity contribution in [3.05, 3.63) is 27.9 Å². The molecule has 0 aliphatic carbocycles. The molecule has 0 spiro atoms. The summed E-state index contributed by atoms with van der Waals surface area (Å²) < 4.78 is 10.1. The summed E-state index contributed by atoms with van der Waals surface area (Å²) in [5.74, 6) is 1.67. The molecule has 6 nitrogen and oxygen atoms in total. The SMILES string of the molecule is COc1cc(CCC(=O)N2CCC[C@H](c3ncc(C)s3)C2)on1. The molecule has 0 bridgehead atoms. The summed E-state index contributed by atoms with van der Waals surface area (Å²) in [5.41, 5.74) is 0. The first kappa shape index (κ1) is 16.0. The lowest BCUT2D eigenvalue weighted by atomic mass is 9.98. The van der Waals surface area contributed by atoms with Crippen LogP contribution in [-0.2, 0) is 11.2 Å². The van der Waals surface area contributed by atoms with E-state index in [-0.39, 0.29) is 5.91 Å². The third-order valence-corrected chi connectivity index (χ3v) is 5.17. The summed E-state index contributed by atoms with van der Waals surface area (Å²) in [6, 6.07) is 1.73. The van der Waals surface area contributed by atoms with E-state index in [1.54, 1.807) is 24.5 Å². The fraction of sp³-hybridized carbons (Fsp3) is 0.562. The number of nitrogens with zero attached hydrogens (tertiary/aromatic N) is 3. The van der Waals surface area contributed by atoms with E-state index < -0.39 is 0 Å². The lowest BCUT2D eigenvalue weighted by molar-refractivity contribution is -0.132. The van der Waals surface area contributed by atoms with E-state index in [0.29, 0.717) is 30.4 Å². The van der Waals surface area contributed by atoms with Gasteiger partial charge in [0.2, 0.25) is 5.91 Å². The molecule has 2 aromatic rings. The number of methoxy groups -OCH3 is 1. The number of aromatic nitrogens is 2. The number of carbonyl (C=O) groups is 1. The highest BCUT2D eigenvalue weighted by Gasteiger charge is 2.26. The Hall–Kier alpha value is -1.89. The van der Waals surface area contributed by atoms with Gasteiger partial charge in [0.1, 0.15) is 5.76 Å². The molecule has 1 aliphatic heterocycles. The highest BCUT2D eigenvalue weighted by atomic mass is 32.1. The highest BCUT2D eigenvalue weighted by molar-refractivity contribution is 7.11. The average molecular weight is 335 g/mol. The lowest BCUT2D eigenvalue weighted by Gasteiger charge is -2.31. The van der Waals surface area contributed by atoms with E-state index in [0.717, 1.165) is 30.9 Å². The number of amides is 1. The molecule has 0 saturated carbocycles. The normalized spacial score (nSPS) is 18.2. The molecule has 0 aromatic carbocycles. The van der Waals surface area contributed by atoms with Crippen molar-refractivity contribution in [1.82, 2.24) is 15.0 Å². The van der Waals surface area contributed by atoms with Crippen LogP contribution in [0.1, 0.15) is 40.8 Å². The van der Waals surface area contributed by atoms with Crippen molar-refractivity contribution >= 4 is 17.2 Å². The summed E-state index contributed by atoms with van der Waals surface area (Å²) in [7, 11) is 1.54. The number of ether oxygens (including phenoxy) is 1. The van der Waals surface area contributed by atoms with Crippen LogP contribution in [0.4, 0.5) is 0 Å². The fourth-order valence-corrected chi connectivity index (χ4v) is 3.76. The van der Waals surface area contributed by atoms with Crippen LogP contribution in [0, 0.1) is 6.92 Å². The molecule has 23 heavy (non-hydrogen) atoms. The number of carbonyl (C=O) groups excluding carboxylic acids is 1. The summed E-state index contributed by atoms with van der Waals surface area (Å²) in [5, 5.41) is 4.90. The molecule has 1 atom stereocenters. The van der Waals surface area contributed by atoms with Gasteiger partial charge in [-0.15, -0.1) is 11.3 Å². The second-order valence-corrected chi connectivity index (χ2v) is 7.09. The van der Waals surface area contributed by atoms with Crippen molar-refractivity contribution in [1.29, 1.82) is 0 Å². The predicted octanol–water partition coefficient (Wildman–Crippen LogP) is 2.79. The van der Waals surface area contributed by atoms with Crippen LogP contribution in [0.25, 0.3) is 0 Å². The van der Waals surface area contributed by atoms with Crippen LogP contribution in [0.5, 0.6) is 5.88 Å². The first-order valence-electron chi connectivity index (χ1n) is 7.85. The molecule has 1 amide bonds. The minimum absolute atomic E-state index is 0.165. The molecular weight excluding hydrogens is 314 g/mol. The third kappa shape index (κ3) is 3.90. The Morgan fingerprint density at radius 2 is 2.43 bits per heavy atom. The van der Waals surface area contributed by atoms with Gasteiger partial charge in [0.15, 0.2) is 0 Å². The van der Waals surface area contributed by atoms with E-state index in [2.05, 4.69) is 17.1 Å². The molecule has 0 unspecified atom stereocenters. The third-order valence-electron chi connectivity index (χ3n) is 4.09. The van der Waals surface area contributed by atoms with Crippen LogP contribution in [0.15, 0.2) is 16.8 Å². The lowest BCUT2D eigenvalue weighted by Crippen LogP contribution is -2.39. The van der Waals surface area contributed by atoms with Crippen molar-refractivity contribution in [2.75, 3.05) is 20.2 Å². The molecule has 1 saturated heterocycles. The molecule has 3 heterocycles. The van der Waals surface area contributed by atoms with E-state index in [4.69, 9.17) is 9.26 Å². The van der Waals surface area contributed by atoms with Crippen molar-refractivity contribution in [2.45, 2.75) is 38.5 Å². The van der Waals surface area contributed by atoms with Gasteiger partial charge in [-0.1, -0.05) is 0 Å². The smallest absolute Gasteiger partial charge is 0.254 e. The number of aryl methyl sites for hydroxylation is 2. The Bertz CT molecular complexity index is 667. The largest absolute Gasteiger partial charge is 0.479 e. The van der Waals surface area contributed by atoms with E-state index >= 15 is 0 Å². The Morgan fingerprint density at radius 1 is 1.57 bits per heavy atom. The molecule has 1 aliphatic rings. The summed E-state index contributed by atoms with van der Waals surface area (Å²) >= 11 is 1.74. The van der Waals surface area contributed by atoms with Crippen molar-refractivity contribution in [2.24, 2.45) is 0 Å². The average Bonchev–Trinajstić information content (AvgIpc) is 3.21. The van der Waals surface area contributed by atoms with Gasteiger partial charge in [0, 0.05) is 49.0 Å². The minimum Gasteiger partial charge on any atom is -0.479 e. The van der Waals surface area contributed by atoms with Gasteiger partial charge in [0.05, 0.1) is 12.1 Å². The van der Waals surface area contributed by atoms with Crippen LogP contribution >= 0.6 is 11.3 Å². The Balaban J connectivity index is 1.54. The van der Waals surface area contributed by atoms with Crippen molar-refractivity contribution < 1.29 is 14.1 Å². The zero-order valence-corrected chi connectivity index (χ0v) is 14.3. The van der Waals surface area contributed by atoms with Gasteiger partial charge >= 0.3 is 0 Å². The van der Waals surface area contributed by atoms with Crippen LogP contribution < -0.4 is 4.74 Å². The maximum Gasteiger partial charge on any atom is 0.254 e. The maximum atomic E-state index is 12.4. The van der Waals surface area contributed by atoms with Crippen LogP contribution in [0.3, 0.4) is 0 Å². The second-order valence-electron chi connectivity index (χ2n) is 5.82.